The van der Waals surface area contributed by atoms with Gasteiger partial charge in [-0.05, 0) is 50.3 Å². The molecule has 2 atom stereocenters. The fraction of sp³-hybridized carbons (Fsp3) is 0.571. The van der Waals surface area contributed by atoms with E-state index in [-0.39, 0.29) is 11.7 Å². The van der Waals surface area contributed by atoms with Gasteiger partial charge in [-0.15, -0.1) is 0 Å². The second-order valence-electron chi connectivity index (χ2n) is 7.59. The van der Waals surface area contributed by atoms with Gasteiger partial charge in [0.05, 0.1) is 17.4 Å². The number of aliphatic hydroxyl groups excluding tert-OH is 2. The monoisotopic (exact) mass is 420 g/mol. The zero-order chi connectivity index (χ0) is 22.1. The molecular weight excluding hydrogens is 391 g/mol. The Morgan fingerprint density at radius 1 is 1.33 bits per heavy atom. The molecule has 2 heterocycles. The molecule has 0 radical (unpaired) electrons. The minimum atomic E-state index is -1.24. The summed E-state index contributed by atoms with van der Waals surface area (Å²) in [5.74, 6) is -0.260. The summed E-state index contributed by atoms with van der Waals surface area (Å²) in [5, 5.41) is 29.7. The number of halogens is 1. The predicted octanol–water partition coefficient (Wildman–Crippen LogP) is 0.620. The molecule has 3 rings (SSSR count). The van der Waals surface area contributed by atoms with Crippen LogP contribution in [0.2, 0.25) is 0 Å². The molecule has 2 fully saturated rings. The zero-order valence-electron chi connectivity index (χ0n) is 17.1. The number of carbonyl (C=O) groups is 2. The highest BCUT2D eigenvalue weighted by Gasteiger charge is 2.29. The molecule has 1 aromatic carbocycles. The van der Waals surface area contributed by atoms with E-state index < -0.39 is 12.2 Å². The van der Waals surface area contributed by atoms with Gasteiger partial charge >= 0.3 is 0 Å². The number of hydrogen-bond donors (Lipinski definition) is 3. The molecule has 8 nitrogen and oxygen atoms in total. The first-order valence-corrected chi connectivity index (χ1v) is 10.1. The predicted molar refractivity (Wildman–Crippen MR) is 109 cm³/mol. The lowest BCUT2D eigenvalue weighted by Gasteiger charge is -2.34. The van der Waals surface area contributed by atoms with Crippen molar-refractivity contribution >= 4 is 18.0 Å². The van der Waals surface area contributed by atoms with Crippen LogP contribution >= 0.6 is 0 Å². The highest BCUT2D eigenvalue weighted by molar-refractivity contribution is 5.81. The van der Waals surface area contributed by atoms with Gasteiger partial charge in [0.25, 0.3) is 5.91 Å². The van der Waals surface area contributed by atoms with Crippen molar-refractivity contribution in [2.24, 2.45) is 5.92 Å². The number of carbonyl (C=O) groups excluding carboxylic acids is 2. The molecule has 0 aromatic heterocycles. The van der Waals surface area contributed by atoms with Gasteiger partial charge in [0.15, 0.2) is 6.10 Å². The second kappa shape index (κ2) is 11.5. The third-order valence-electron chi connectivity index (χ3n) is 5.40. The van der Waals surface area contributed by atoms with Crippen molar-refractivity contribution in [1.82, 2.24) is 10.2 Å². The van der Waals surface area contributed by atoms with E-state index in [4.69, 9.17) is 15.5 Å². The van der Waals surface area contributed by atoms with E-state index in [9.17, 15) is 14.0 Å². The minimum Gasteiger partial charge on any atom is -0.390 e. The van der Waals surface area contributed by atoms with Crippen LogP contribution in [0.15, 0.2) is 18.2 Å². The van der Waals surface area contributed by atoms with Gasteiger partial charge in [-0.25, -0.2) is 4.39 Å². The van der Waals surface area contributed by atoms with Crippen molar-refractivity contribution in [2.75, 3.05) is 37.6 Å². The third kappa shape index (κ3) is 6.40. The molecule has 9 heteroatoms. The summed E-state index contributed by atoms with van der Waals surface area (Å²) in [5.41, 5.74) is 1.18. The Balaban J connectivity index is 0.000000248. The maximum atomic E-state index is 13.1. The third-order valence-corrected chi connectivity index (χ3v) is 5.40. The highest BCUT2D eigenvalue weighted by Crippen LogP contribution is 2.26. The standard InChI is InChI=1S/C14H16FN3O.C7H13NO3/c15-13-1-2-14(12(7-13)8-16)18-5-3-11(4-6-18)9-17-10-19;1-5(9)6(10)7(11)8-3-2-4-8/h1-2,7,10-11H,3-6,9H2,(H,17,19);5-6,9-10H,2-4H2,1H3. The molecule has 0 bridgehead atoms. The quantitative estimate of drug-likeness (QED) is 0.581. The Kier molecular flexibility index (Phi) is 9.02. The number of hydrogen-bond acceptors (Lipinski definition) is 6. The highest BCUT2D eigenvalue weighted by atomic mass is 19.1. The fourth-order valence-electron chi connectivity index (χ4n) is 3.40. The summed E-state index contributed by atoms with van der Waals surface area (Å²) in [6.45, 7) is 5.18. The number of benzene rings is 1. The molecular formula is C21H29FN4O4. The molecule has 0 saturated carbocycles. The van der Waals surface area contributed by atoms with Crippen LogP contribution in [0.1, 0.15) is 31.7 Å². The molecule has 2 amide bonds. The van der Waals surface area contributed by atoms with E-state index in [2.05, 4.69) is 10.2 Å². The molecule has 0 aliphatic carbocycles. The van der Waals surface area contributed by atoms with Crippen LogP contribution in [0, 0.1) is 23.1 Å². The molecule has 0 spiro atoms. The van der Waals surface area contributed by atoms with Crippen molar-refractivity contribution in [2.45, 2.75) is 38.4 Å². The van der Waals surface area contributed by atoms with Gasteiger partial charge < -0.3 is 25.3 Å². The van der Waals surface area contributed by atoms with Crippen LogP contribution in [-0.4, -0.2) is 72.4 Å². The normalized spacial score (nSPS) is 18.2. The van der Waals surface area contributed by atoms with Crippen LogP contribution in [0.25, 0.3) is 0 Å². The molecule has 2 aliphatic rings. The number of anilines is 1. The van der Waals surface area contributed by atoms with Crippen LogP contribution in [-0.2, 0) is 9.59 Å². The topological polar surface area (TPSA) is 117 Å². The van der Waals surface area contributed by atoms with Gasteiger partial charge in [0.1, 0.15) is 11.9 Å². The lowest BCUT2D eigenvalue weighted by molar-refractivity contribution is -0.149. The Morgan fingerprint density at radius 3 is 2.50 bits per heavy atom. The van der Waals surface area contributed by atoms with Crippen molar-refractivity contribution in [3.05, 3.63) is 29.6 Å². The van der Waals surface area contributed by atoms with Crippen molar-refractivity contribution in [1.29, 1.82) is 5.26 Å². The van der Waals surface area contributed by atoms with Crippen LogP contribution in [0.4, 0.5) is 10.1 Å². The summed E-state index contributed by atoms with van der Waals surface area (Å²) in [6, 6.07) is 6.36. The summed E-state index contributed by atoms with van der Waals surface area (Å²) >= 11 is 0. The van der Waals surface area contributed by atoms with Crippen LogP contribution in [0.3, 0.4) is 0 Å². The fourth-order valence-corrected chi connectivity index (χ4v) is 3.40. The smallest absolute Gasteiger partial charge is 0.254 e. The van der Waals surface area contributed by atoms with Crippen molar-refractivity contribution in [3.8, 4) is 6.07 Å². The van der Waals surface area contributed by atoms with Crippen LogP contribution < -0.4 is 10.2 Å². The van der Waals surface area contributed by atoms with Gasteiger partial charge in [-0.1, -0.05) is 0 Å². The van der Waals surface area contributed by atoms with E-state index in [1.807, 2.05) is 6.07 Å². The number of piperidine rings is 1. The largest absolute Gasteiger partial charge is 0.390 e. The average molecular weight is 420 g/mol. The molecule has 2 aliphatic heterocycles. The molecule has 2 unspecified atom stereocenters. The Hall–Kier alpha value is -2.70. The lowest BCUT2D eigenvalue weighted by atomic mass is 9.96. The zero-order valence-corrected chi connectivity index (χ0v) is 17.1. The van der Waals surface area contributed by atoms with Gasteiger partial charge in [0.2, 0.25) is 6.41 Å². The summed E-state index contributed by atoms with van der Waals surface area (Å²) in [6.07, 6.45) is 1.43. The number of amides is 2. The first-order valence-electron chi connectivity index (χ1n) is 10.1. The van der Waals surface area contributed by atoms with E-state index in [1.54, 1.807) is 6.07 Å². The molecule has 1 aromatic rings. The first-order chi connectivity index (χ1) is 14.4. The van der Waals surface area contributed by atoms with Crippen molar-refractivity contribution in [3.63, 3.8) is 0 Å². The van der Waals surface area contributed by atoms with Crippen molar-refractivity contribution < 1.29 is 24.2 Å². The van der Waals surface area contributed by atoms with E-state index in [0.29, 0.717) is 31.1 Å². The second-order valence-corrected chi connectivity index (χ2v) is 7.59. The van der Waals surface area contributed by atoms with E-state index in [1.165, 1.54) is 24.0 Å². The molecule has 3 N–H and O–H groups in total. The number of nitrogens with one attached hydrogen (secondary N) is 1. The maximum Gasteiger partial charge on any atom is 0.254 e. The Morgan fingerprint density at radius 2 is 2.00 bits per heavy atom. The summed E-state index contributed by atoms with van der Waals surface area (Å²) < 4.78 is 13.1. The molecule has 30 heavy (non-hydrogen) atoms. The van der Waals surface area contributed by atoms with Gasteiger partial charge in [0, 0.05) is 32.7 Å². The number of aliphatic hydroxyl groups is 2. The Bertz CT molecular complexity index is 756. The van der Waals surface area contributed by atoms with E-state index >= 15 is 0 Å². The van der Waals surface area contributed by atoms with Gasteiger partial charge in [-0.3, -0.25) is 9.59 Å². The SMILES string of the molecule is CC(O)C(O)C(=O)N1CCC1.N#Cc1cc(F)ccc1N1CCC(CNC=O)CC1. The molecule has 164 valence electrons. The summed E-state index contributed by atoms with van der Waals surface area (Å²) in [4.78, 5) is 25.0. The number of nitrogens with zero attached hydrogens (tertiary/aromatic N) is 3. The number of rotatable bonds is 6. The molecule has 2 saturated heterocycles. The lowest BCUT2D eigenvalue weighted by Crippen LogP contribution is -2.50. The maximum absolute atomic E-state index is 13.1. The average Bonchev–Trinajstić information content (AvgIpc) is 2.71. The summed E-state index contributed by atoms with van der Waals surface area (Å²) in [7, 11) is 0. The van der Waals surface area contributed by atoms with Gasteiger partial charge in [-0.2, -0.15) is 5.26 Å². The van der Waals surface area contributed by atoms with E-state index in [0.717, 1.165) is 44.4 Å². The number of nitriles is 1. The minimum absolute atomic E-state index is 0.355. The first kappa shape index (κ1) is 23.6. The Labute approximate surface area is 175 Å². The van der Waals surface area contributed by atoms with Crippen LogP contribution in [0.5, 0.6) is 0 Å². The number of likely N-dealkylation sites (tertiary alicyclic amines) is 1.